The van der Waals surface area contributed by atoms with Crippen LogP contribution in [0, 0.1) is 0 Å². The third kappa shape index (κ3) is 5.21. The average Bonchev–Trinajstić information content (AvgIpc) is 2.38. The van der Waals surface area contributed by atoms with Crippen LogP contribution in [0.25, 0.3) is 0 Å². The number of ether oxygens (including phenoxy) is 1. The molecule has 0 aromatic heterocycles. The first kappa shape index (κ1) is 14.6. The zero-order valence-electron chi connectivity index (χ0n) is 11.4. The number of nitrogens with one attached hydrogen (secondary N) is 1. The molecule has 0 aliphatic heterocycles. The molecule has 3 nitrogen and oxygen atoms in total. The Morgan fingerprint density at radius 1 is 1.17 bits per heavy atom. The van der Waals surface area contributed by atoms with Gasteiger partial charge in [0.25, 0.3) is 0 Å². The van der Waals surface area contributed by atoms with Crippen LogP contribution in [-0.4, -0.2) is 12.6 Å². The molecule has 0 saturated carbocycles. The summed E-state index contributed by atoms with van der Waals surface area (Å²) in [4.78, 5) is 11.6. The van der Waals surface area contributed by atoms with Gasteiger partial charge in [-0.2, -0.15) is 0 Å². The van der Waals surface area contributed by atoms with E-state index in [2.05, 4.69) is 19.2 Å². The number of benzene rings is 1. The van der Waals surface area contributed by atoms with E-state index in [4.69, 9.17) is 4.74 Å². The Hall–Kier alpha value is -1.51. The molecule has 1 aromatic carbocycles. The van der Waals surface area contributed by atoms with Crippen molar-refractivity contribution in [3.63, 3.8) is 0 Å². The number of rotatable bonds is 7. The van der Waals surface area contributed by atoms with E-state index >= 15 is 0 Å². The SMILES string of the molecule is CCCCNC(=O)Oc1ccccc1CCCC. The van der Waals surface area contributed by atoms with Crippen LogP contribution in [0.5, 0.6) is 5.75 Å². The van der Waals surface area contributed by atoms with E-state index < -0.39 is 0 Å². The molecular weight excluding hydrogens is 226 g/mol. The van der Waals surface area contributed by atoms with Gasteiger partial charge >= 0.3 is 6.09 Å². The molecule has 0 saturated heterocycles. The summed E-state index contributed by atoms with van der Waals surface area (Å²) in [6.07, 6.45) is 4.89. The lowest BCUT2D eigenvalue weighted by Crippen LogP contribution is -2.27. The van der Waals surface area contributed by atoms with E-state index in [1.54, 1.807) is 0 Å². The number of unbranched alkanes of at least 4 members (excludes halogenated alkanes) is 2. The van der Waals surface area contributed by atoms with Crippen LogP contribution in [-0.2, 0) is 6.42 Å². The molecule has 1 amide bonds. The van der Waals surface area contributed by atoms with Gasteiger partial charge in [0.05, 0.1) is 0 Å². The Balaban J connectivity index is 2.51. The van der Waals surface area contributed by atoms with Crippen LogP contribution in [0.3, 0.4) is 0 Å². The lowest BCUT2D eigenvalue weighted by Gasteiger charge is -2.10. The monoisotopic (exact) mass is 249 g/mol. The summed E-state index contributed by atoms with van der Waals surface area (Å²) in [6, 6.07) is 7.74. The summed E-state index contributed by atoms with van der Waals surface area (Å²) in [7, 11) is 0. The molecule has 18 heavy (non-hydrogen) atoms. The molecule has 0 aliphatic carbocycles. The van der Waals surface area contributed by atoms with Crippen LogP contribution in [0.15, 0.2) is 24.3 Å². The second-order valence-electron chi connectivity index (χ2n) is 4.38. The van der Waals surface area contributed by atoms with Crippen LogP contribution in [0.4, 0.5) is 4.79 Å². The first-order valence-electron chi connectivity index (χ1n) is 6.81. The van der Waals surface area contributed by atoms with Crippen molar-refractivity contribution in [2.24, 2.45) is 0 Å². The summed E-state index contributed by atoms with van der Waals surface area (Å²) in [6.45, 7) is 4.92. The highest BCUT2D eigenvalue weighted by molar-refractivity contribution is 5.70. The van der Waals surface area contributed by atoms with Crippen LogP contribution in [0.2, 0.25) is 0 Å². The number of hydrogen-bond acceptors (Lipinski definition) is 2. The summed E-state index contributed by atoms with van der Waals surface area (Å²) in [5.41, 5.74) is 1.10. The van der Waals surface area contributed by atoms with Crippen molar-refractivity contribution >= 4 is 6.09 Å². The third-order valence-corrected chi connectivity index (χ3v) is 2.77. The number of hydrogen-bond donors (Lipinski definition) is 1. The molecule has 1 aromatic rings. The van der Waals surface area contributed by atoms with Gasteiger partial charge in [-0.05, 0) is 30.9 Å². The molecule has 0 radical (unpaired) electrons. The minimum absolute atomic E-state index is 0.354. The molecule has 100 valence electrons. The second-order valence-corrected chi connectivity index (χ2v) is 4.38. The fourth-order valence-electron chi connectivity index (χ4n) is 1.68. The predicted molar refractivity (Wildman–Crippen MR) is 74.0 cm³/mol. The van der Waals surface area contributed by atoms with E-state index in [1.165, 1.54) is 0 Å². The zero-order chi connectivity index (χ0) is 13.2. The van der Waals surface area contributed by atoms with Gasteiger partial charge in [0.2, 0.25) is 0 Å². The Morgan fingerprint density at radius 2 is 1.89 bits per heavy atom. The highest BCUT2D eigenvalue weighted by Gasteiger charge is 2.07. The number of amides is 1. The van der Waals surface area contributed by atoms with Gasteiger partial charge in [0.1, 0.15) is 5.75 Å². The molecule has 3 heteroatoms. The number of carbonyl (C=O) groups is 1. The highest BCUT2D eigenvalue weighted by atomic mass is 16.6. The van der Waals surface area contributed by atoms with Gasteiger partial charge < -0.3 is 10.1 Å². The van der Waals surface area contributed by atoms with Crippen molar-refractivity contribution < 1.29 is 9.53 Å². The molecule has 0 bridgehead atoms. The van der Waals surface area contributed by atoms with Gasteiger partial charge in [-0.15, -0.1) is 0 Å². The number of para-hydroxylation sites is 1. The largest absolute Gasteiger partial charge is 0.412 e. The lowest BCUT2D eigenvalue weighted by atomic mass is 10.1. The number of aryl methyl sites for hydroxylation is 1. The van der Waals surface area contributed by atoms with E-state index in [0.29, 0.717) is 12.3 Å². The normalized spacial score (nSPS) is 10.1. The molecule has 0 aliphatic rings. The van der Waals surface area contributed by atoms with Gasteiger partial charge in [-0.3, -0.25) is 0 Å². The van der Waals surface area contributed by atoms with Crippen molar-refractivity contribution in [2.45, 2.75) is 46.0 Å². The molecular formula is C15H23NO2. The quantitative estimate of drug-likeness (QED) is 0.744. The summed E-state index contributed by atoms with van der Waals surface area (Å²) in [5.74, 6) is 0.681. The molecule has 1 N–H and O–H groups in total. The molecule has 0 spiro atoms. The standard InChI is InChI=1S/C15H23NO2/c1-3-5-9-13-10-7-8-11-14(13)18-15(17)16-12-6-4-2/h7-8,10-11H,3-6,9,12H2,1-2H3,(H,16,17). The van der Waals surface area contributed by atoms with Crippen LogP contribution >= 0.6 is 0 Å². The Bertz CT molecular complexity index is 363. The molecule has 1 rings (SSSR count). The van der Waals surface area contributed by atoms with E-state index in [-0.39, 0.29) is 6.09 Å². The summed E-state index contributed by atoms with van der Waals surface area (Å²) in [5, 5.41) is 2.75. The van der Waals surface area contributed by atoms with Crippen molar-refractivity contribution in [2.75, 3.05) is 6.54 Å². The van der Waals surface area contributed by atoms with Gasteiger partial charge in [-0.1, -0.05) is 44.9 Å². The minimum Gasteiger partial charge on any atom is -0.410 e. The van der Waals surface area contributed by atoms with E-state index in [9.17, 15) is 4.79 Å². The maximum atomic E-state index is 11.6. The van der Waals surface area contributed by atoms with Crippen molar-refractivity contribution in [1.82, 2.24) is 5.32 Å². The molecule has 0 unspecified atom stereocenters. The Morgan fingerprint density at radius 3 is 2.61 bits per heavy atom. The smallest absolute Gasteiger partial charge is 0.410 e. The number of carbonyl (C=O) groups excluding carboxylic acids is 1. The van der Waals surface area contributed by atoms with Gasteiger partial charge in [0.15, 0.2) is 0 Å². The van der Waals surface area contributed by atoms with Gasteiger partial charge in [-0.25, -0.2) is 4.79 Å². The van der Waals surface area contributed by atoms with Crippen LogP contribution < -0.4 is 10.1 Å². The van der Waals surface area contributed by atoms with Crippen molar-refractivity contribution in [3.05, 3.63) is 29.8 Å². The minimum atomic E-state index is -0.354. The van der Waals surface area contributed by atoms with Crippen molar-refractivity contribution in [3.8, 4) is 5.75 Å². The fraction of sp³-hybridized carbons (Fsp3) is 0.533. The third-order valence-electron chi connectivity index (χ3n) is 2.77. The van der Waals surface area contributed by atoms with Crippen LogP contribution in [0.1, 0.15) is 45.1 Å². The fourth-order valence-corrected chi connectivity index (χ4v) is 1.68. The summed E-state index contributed by atoms with van der Waals surface area (Å²) >= 11 is 0. The molecule has 0 atom stereocenters. The second kappa shape index (κ2) is 8.56. The average molecular weight is 249 g/mol. The Labute approximate surface area is 110 Å². The maximum Gasteiger partial charge on any atom is 0.412 e. The Kier molecular flexibility index (Phi) is 6.92. The maximum absolute atomic E-state index is 11.6. The van der Waals surface area contributed by atoms with Gasteiger partial charge in [0, 0.05) is 6.54 Å². The summed E-state index contributed by atoms with van der Waals surface area (Å²) < 4.78 is 5.34. The molecule has 0 heterocycles. The first-order valence-corrected chi connectivity index (χ1v) is 6.81. The first-order chi connectivity index (χ1) is 8.77. The van der Waals surface area contributed by atoms with E-state index in [1.807, 2.05) is 24.3 Å². The molecule has 0 fully saturated rings. The van der Waals surface area contributed by atoms with Crippen molar-refractivity contribution in [1.29, 1.82) is 0 Å². The lowest BCUT2D eigenvalue weighted by molar-refractivity contribution is 0.200. The topological polar surface area (TPSA) is 38.3 Å². The highest BCUT2D eigenvalue weighted by Crippen LogP contribution is 2.20. The predicted octanol–water partition coefficient (Wildman–Crippen LogP) is 3.92. The zero-order valence-corrected chi connectivity index (χ0v) is 11.4. The van der Waals surface area contributed by atoms with E-state index in [0.717, 1.165) is 37.7 Å².